The smallest absolute Gasteiger partial charge is 0.267 e. The molecule has 0 bridgehead atoms. The van der Waals surface area contributed by atoms with Crippen LogP contribution in [0.1, 0.15) is 43.0 Å². The number of carbonyl (C=O) groups excluding carboxylic acids is 1. The van der Waals surface area contributed by atoms with E-state index in [-0.39, 0.29) is 5.56 Å². The van der Waals surface area contributed by atoms with E-state index in [2.05, 4.69) is 12.2 Å². The number of nitrogens with zero attached hydrogens (tertiary/aromatic N) is 1. The van der Waals surface area contributed by atoms with Gasteiger partial charge in [-0.25, -0.2) is 14.1 Å². The van der Waals surface area contributed by atoms with Crippen LogP contribution in [0.4, 0.5) is 8.78 Å². The Bertz CT molecular complexity index is 380. The molecule has 0 fully saturated rings. The van der Waals surface area contributed by atoms with Crippen LogP contribution in [-0.2, 0) is 0 Å². The van der Waals surface area contributed by atoms with Gasteiger partial charge in [0.1, 0.15) is 11.6 Å². The Morgan fingerprint density at radius 3 is 2.65 bits per heavy atom. The summed E-state index contributed by atoms with van der Waals surface area (Å²) in [6.07, 6.45) is 4.05. The van der Waals surface area contributed by atoms with Crippen molar-refractivity contribution in [2.75, 3.05) is 6.54 Å². The van der Waals surface area contributed by atoms with E-state index in [1.54, 1.807) is 0 Å². The molecule has 1 aromatic rings. The molecule has 93 valence electrons. The third-order valence-corrected chi connectivity index (χ3v) is 2.43. The molecule has 0 saturated heterocycles. The van der Waals surface area contributed by atoms with Gasteiger partial charge in [0.2, 0.25) is 0 Å². The summed E-state index contributed by atoms with van der Waals surface area (Å²) >= 11 is 0. The van der Waals surface area contributed by atoms with Gasteiger partial charge in [0.15, 0.2) is 0 Å². The summed E-state index contributed by atoms with van der Waals surface area (Å²) in [5.41, 5.74) is -0.165. The lowest BCUT2D eigenvalue weighted by Gasteiger charge is -2.03. The van der Waals surface area contributed by atoms with Crippen LogP contribution in [0, 0.1) is 11.6 Å². The van der Waals surface area contributed by atoms with E-state index in [1.807, 2.05) is 0 Å². The van der Waals surface area contributed by atoms with Gasteiger partial charge in [0, 0.05) is 12.6 Å². The molecule has 0 N–H and O–H groups in total. The van der Waals surface area contributed by atoms with E-state index in [4.69, 9.17) is 0 Å². The molecule has 1 radical (unpaired) electrons. The molecule has 0 aromatic heterocycles. The fourth-order valence-electron chi connectivity index (χ4n) is 1.47. The van der Waals surface area contributed by atoms with Crippen molar-refractivity contribution in [1.29, 1.82) is 0 Å². The molecule has 0 aliphatic rings. The summed E-state index contributed by atoms with van der Waals surface area (Å²) in [5, 5.41) is 3.76. The first-order chi connectivity index (χ1) is 8.15. The molecule has 1 rings (SSSR count). The van der Waals surface area contributed by atoms with Crippen molar-refractivity contribution in [3.63, 3.8) is 0 Å². The molecule has 17 heavy (non-hydrogen) atoms. The minimum Gasteiger partial charge on any atom is -0.267 e. The highest BCUT2D eigenvalue weighted by Gasteiger charge is 2.12. The Labute approximate surface area is 100 Å². The first-order valence-electron chi connectivity index (χ1n) is 5.82. The Morgan fingerprint density at radius 2 is 2.00 bits per heavy atom. The van der Waals surface area contributed by atoms with E-state index >= 15 is 0 Å². The predicted molar refractivity (Wildman–Crippen MR) is 61.8 cm³/mol. The van der Waals surface area contributed by atoms with E-state index in [9.17, 15) is 13.6 Å². The molecule has 0 atom stereocenters. The molecule has 0 aliphatic heterocycles. The predicted octanol–water partition coefficient (Wildman–Crippen LogP) is 3.29. The summed E-state index contributed by atoms with van der Waals surface area (Å²) in [7, 11) is 0. The summed E-state index contributed by atoms with van der Waals surface area (Å²) in [6.45, 7) is 2.49. The fourth-order valence-corrected chi connectivity index (χ4v) is 1.47. The Balaban J connectivity index is 2.42. The van der Waals surface area contributed by atoms with Crippen LogP contribution in [0.3, 0.4) is 0 Å². The number of halogens is 2. The van der Waals surface area contributed by atoms with Crippen LogP contribution in [0.25, 0.3) is 0 Å². The van der Waals surface area contributed by atoms with E-state index in [0.29, 0.717) is 12.6 Å². The van der Waals surface area contributed by atoms with Crippen molar-refractivity contribution in [1.82, 2.24) is 5.32 Å². The average Bonchev–Trinajstić information content (AvgIpc) is 2.28. The normalized spacial score (nSPS) is 10.3. The van der Waals surface area contributed by atoms with Gasteiger partial charge in [-0.2, -0.15) is 0 Å². The second-order valence-electron chi connectivity index (χ2n) is 3.87. The molecule has 0 aliphatic carbocycles. The maximum Gasteiger partial charge on any atom is 0.275 e. The standard InChI is InChI=1S/C13H16F2NO/c1-2-3-4-5-8-16-13(17)11-7-6-10(14)9-12(11)15/h6-7,9H,2-5,8H2,1H3. The van der Waals surface area contributed by atoms with Crippen molar-refractivity contribution < 1.29 is 13.6 Å². The third kappa shape index (κ3) is 4.51. The summed E-state index contributed by atoms with van der Waals surface area (Å²) < 4.78 is 25.8. The van der Waals surface area contributed by atoms with Gasteiger partial charge in [-0.1, -0.05) is 26.2 Å². The maximum absolute atomic E-state index is 13.2. The minimum atomic E-state index is -0.854. The van der Waals surface area contributed by atoms with Gasteiger partial charge in [-0.15, -0.1) is 0 Å². The molecular formula is C13H16F2NO. The third-order valence-electron chi connectivity index (χ3n) is 2.43. The van der Waals surface area contributed by atoms with Gasteiger partial charge < -0.3 is 0 Å². The van der Waals surface area contributed by atoms with Crippen molar-refractivity contribution in [3.8, 4) is 0 Å². The Kier molecular flexibility index (Phi) is 5.60. The molecule has 2 nitrogen and oxygen atoms in total. The monoisotopic (exact) mass is 240 g/mol. The lowest BCUT2D eigenvalue weighted by Crippen LogP contribution is -2.18. The fraction of sp³-hybridized carbons (Fsp3) is 0.462. The first kappa shape index (κ1) is 13.6. The number of rotatable bonds is 6. The van der Waals surface area contributed by atoms with Crippen LogP contribution < -0.4 is 5.32 Å². The van der Waals surface area contributed by atoms with Crippen LogP contribution in [0.5, 0.6) is 0 Å². The van der Waals surface area contributed by atoms with Gasteiger partial charge in [-0.3, -0.25) is 4.79 Å². The number of hydrogen-bond acceptors (Lipinski definition) is 1. The van der Waals surface area contributed by atoms with Crippen molar-refractivity contribution in [2.24, 2.45) is 0 Å². The van der Waals surface area contributed by atoms with Crippen LogP contribution in [-0.4, -0.2) is 12.5 Å². The molecule has 0 saturated carbocycles. The lowest BCUT2D eigenvalue weighted by atomic mass is 10.2. The number of unbranched alkanes of at least 4 members (excludes halogenated alkanes) is 3. The summed E-state index contributed by atoms with van der Waals surface area (Å²) in [5.74, 6) is -2.16. The van der Waals surface area contributed by atoms with Crippen molar-refractivity contribution in [2.45, 2.75) is 32.6 Å². The van der Waals surface area contributed by atoms with Crippen molar-refractivity contribution in [3.05, 3.63) is 35.4 Å². The van der Waals surface area contributed by atoms with Gasteiger partial charge in [0.05, 0.1) is 5.56 Å². The number of hydrogen-bond donors (Lipinski definition) is 0. The SMILES string of the molecule is CCCCCC[N]C(=O)c1ccc(F)cc1F. The van der Waals surface area contributed by atoms with Crippen molar-refractivity contribution >= 4 is 5.91 Å². The van der Waals surface area contributed by atoms with Crippen LogP contribution in [0.15, 0.2) is 18.2 Å². The second kappa shape index (κ2) is 6.99. The van der Waals surface area contributed by atoms with E-state index in [0.717, 1.165) is 37.8 Å². The van der Waals surface area contributed by atoms with Crippen LogP contribution in [0.2, 0.25) is 0 Å². The van der Waals surface area contributed by atoms with Gasteiger partial charge >= 0.3 is 0 Å². The summed E-state index contributed by atoms with van der Waals surface area (Å²) in [4.78, 5) is 11.5. The Hall–Kier alpha value is -1.45. The number of benzene rings is 1. The minimum absolute atomic E-state index is 0.165. The molecule has 0 heterocycles. The van der Waals surface area contributed by atoms with E-state index < -0.39 is 17.5 Å². The average molecular weight is 240 g/mol. The topological polar surface area (TPSA) is 31.2 Å². The molecule has 0 unspecified atom stereocenters. The highest BCUT2D eigenvalue weighted by atomic mass is 19.1. The van der Waals surface area contributed by atoms with Crippen LogP contribution >= 0.6 is 0 Å². The largest absolute Gasteiger partial charge is 0.275 e. The quantitative estimate of drug-likeness (QED) is 0.702. The number of amides is 1. The van der Waals surface area contributed by atoms with Gasteiger partial charge in [0.25, 0.3) is 5.91 Å². The molecule has 0 spiro atoms. The number of carbonyl (C=O) groups is 1. The lowest BCUT2D eigenvalue weighted by molar-refractivity contribution is 0.0944. The highest BCUT2D eigenvalue weighted by Crippen LogP contribution is 2.09. The summed E-state index contributed by atoms with van der Waals surface area (Å²) in [6, 6.07) is 2.88. The van der Waals surface area contributed by atoms with E-state index in [1.165, 1.54) is 0 Å². The Morgan fingerprint density at radius 1 is 1.24 bits per heavy atom. The van der Waals surface area contributed by atoms with Gasteiger partial charge in [-0.05, 0) is 18.6 Å². The zero-order valence-corrected chi connectivity index (χ0v) is 9.88. The molecule has 1 amide bonds. The zero-order chi connectivity index (χ0) is 12.7. The molecular weight excluding hydrogens is 224 g/mol. The zero-order valence-electron chi connectivity index (χ0n) is 9.88. The molecule has 4 heteroatoms. The highest BCUT2D eigenvalue weighted by molar-refractivity contribution is 5.94. The first-order valence-corrected chi connectivity index (χ1v) is 5.82. The molecule has 1 aromatic carbocycles. The second-order valence-corrected chi connectivity index (χ2v) is 3.87. The maximum atomic E-state index is 13.2.